The third kappa shape index (κ3) is 2.32. The first-order chi connectivity index (χ1) is 16.7. The Kier molecular flexibility index (Phi) is 4.23. The van der Waals surface area contributed by atoms with E-state index in [-0.39, 0.29) is 0 Å². The highest BCUT2D eigenvalue weighted by Gasteiger charge is 2.26. The Labute approximate surface area is 206 Å². The summed E-state index contributed by atoms with van der Waals surface area (Å²) in [6.45, 7) is 9.61. The topological polar surface area (TPSA) is 14.8 Å². The minimum atomic E-state index is 0.931. The molecule has 3 aromatic heterocycles. The normalized spacial score (nSPS) is 12.5. The maximum atomic E-state index is 3.77. The smallest absolute Gasteiger partial charge is 0.0614 e. The molecular weight excluding hydrogens is 482 g/mol. The van der Waals surface area contributed by atoms with Crippen LogP contribution in [0.4, 0.5) is 0 Å². The fourth-order valence-electron chi connectivity index (χ4n) is 6.42. The number of halogens is 1. The molecule has 0 saturated carbocycles. The third-order valence-corrected chi connectivity index (χ3v) is 8.12. The van der Waals surface area contributed by atoms with Crippen LogP contribution in [0, 0.1) is 0 Å². The maximum absolute atomic E-state index is 3.77. The van der Waals surface area contributed by atoms with Gasteiger partial charge in [0.1, 0.15) is 0 Å². The summed E-state index contributed by atoms with van der Waals surface area (Å²) < 4.78 is 8.72. The molecule has 0 aliphatic heterocycles. The van der Waals surface area contributed by atoms with Crippen molar-refractivity contribution >= 4 is 81.3 Å². The molecule has 0 amide bonds. The molecule has 0 spiro atoms. The molecule has 0 radical (unpaired) electrons. The third-order valence-electron chi connectivity index (χ3n) is 7.63. The summed E-state index contributed by atoms with van der Waals surface area (Å²) >= 11 is 3.77. The number of aromatic nitrogens is 3. The van der Waals surface area contributed by atoms with Crippen molar-refractivity contribution in [2.45, 2.75) is 40.4 Å². The lowest BCUT2D eigenvalue weighted by molar-refractivity contribution is 0.821. The molecule has 0 N–H and O–H groups in total. The summed E-state index contributed by atoms with van der Waals surface area (Å²) in [6.07, 6.45) is 0. The van der Waals surface area contributed by atoms with Crippen LogP contribution < -0.4 is 0 Å². The van der Waals surface area contributed by atoms with E-state index in [0.29, 0.717) is 0 Å². The number of hydrogen-bond acceptors (Lipinski definition) is 0. The monoisotopic (exact) mass is 507 g/mol. The van der Waals surface area contributed by atoms with Gasteiger partial charge in [0.25, 0.3) is 0 Å². The number of rotatable bonds is 3. The molecule has 7 rings (SSSR count). The van der Waals surface area contributed by atoms with Crippen LogP contribution in [-0.2, 0) is 19.6 Å². The van der Waals surface area contributed by atoms with Gasteiger partial charge in [0.05, 0.1) is 16.6 Å². The van der Waals surface area contributed by atoms with Crippen molar-refractivity contribution in [1.29, 1.82) is 0 Å². The summed E-state index contributed by atoms with van der Waals surface area (Å²) in [5, 5.41) is 8.15. The summed E-state index contributed by atoms with van der Waals surface area (Å²) in [6, 6.07) is 24.6. The van der Waals surface area contributed by atoms with Gasteiger partial charge < -0.3 is 13.7 Å². The van der Waals surface area contributed by atoms with E-state index in [4.69, 9.17) is 0 Å². The quantitative estimate of drug-likeness (QED) is 0.227. The molecule has 0 aliphatic rings. The van der Waals surface area contributed by atoms with Gasteiger partial charge in [-0.05, 0) is 51.1 Å². The minimum absolute atomic E-state index is 0.931. The molecule has 0 aliphatic carbocycles. The van der Waals surface area contributed by atoms with Crippen LogP contribution >= 0.6 is 15.9 Å². The Bertz CT molecular complexity index is 1890. The minimum Gasteiger partial charge on any atom is -0.340 e. The van der Waals surface area contributed by atoms with E-state index in [1.807, 2.05) is 0 Å². The van der Waals surface area contributed by atoms with Crippen LogP contribution in [0.2, 0.25) is 0 Å². The molecule has 168 valence electrons. The van der Waals surface area contributed by atoms with Gasteiger partial charge in [-0.15, -0.1) is 0 Å². The SMILES string of the molecule is CCn1c2ccccc2c2c1c1c3ccccc3n(CC)c1c1c3cc(Br)ccc3n(CC)c21. The first-order valence-electron chi connectivity index (χ1n) is 12.2. The zero-order valence-electron chi connectivity index (χ0n) is 19.7. The van der Waals surface area contributed by atoms with E-state index < -0.39 is 0 Å². The molecule has 0 fully saturated rings. The van der Waals surface area contributed by atoms with E-state index in [2.05, 4.69) is 117 Å². The fraction of sp³-hybridized carbons (Fsp3) is 0.200. The Morgan fingerprint density at radius 2 is 0.941 bits per heavy atom. The molecule has 0 unspecified atom stereocenters. The van der Waals surface area contributed by atoms with Gasteiger partial charge in [-0.2, -0.15) is 0 Å². The number of para-hydroxylation sites is 2. The van der Waals surface area contributed by atoms with Crippen LogP contribution in [-0.4, -0.2) is 13.7 Å². The molecule has 3 heterocycles. The first-order valence-corrected chi connectivity index (χ1v) is 13.0. The van der Waals surface area contributed by atoms with Crippen molar-refractivity contribution in [2.24, 2.45) is 0 Å². The molecule has 7 aromatic rings. The predicted octanol–water partition coefficient (Wildman–Crippen LogP) is 8.83. The highest BCUT2D eigenvalue weighted by molar-refractivity contribution is 9.10. The van der Waals surface area contributed by atoms with Crippen molar-refractivity contribution in [2.75, 3.05) is 0 Å². The molecule has 3 nitrogen and oxygen atoms in total. The van der Waals surface area contributed by atoms with E-state index in [1.165, 1.54) is 65.4 Å². The van der Waals surface area contributed by atoms with E-state index >= 15 is 0 Å². The van der Waals surface area contributed by atoms with Gasteiger partial charge >= 0.3 is 0 Å². The average Bonchev–Trinajstić information content (AvgIpc) is 3.48. The lowest BCUT2D eigenvalue weighted by Gasteiger charge is -2.10. The molecule has 4 heteroatoms. The number of benzene rings is 4. The molecule has 0 bridgehead atoms. The van der Waals surface area contributed by atoms with Gasteiger partial charge in [-0.3, -0.25) is 0 Å². The van der Waals surface area contributed by atoms with Crippen LogP contribution in [0.1, 0.15) is 20.8 Å². The van der Waals surface area contributed by atoms with Crippen molar-refractivity contribution in [1.82, 2.24) is 13.7 Å². The van der Waals surface area contributed by atoms with E-state index in [0.717, 1.165) is 24.1 Å². The van der Waals surface area contributed by atoms with E-state index in [1.54, 1.807) is 0 Å². The summed E-state index contributed by atoms with van der Waals surface area (Å²) in [5.74, 6) is 0. The van der Waals surface area contributed by atoms with Gasteiger partial charge in [0.15, 0.2) is 0 Å². The van der Waals surface area contributed by atoms with Gasteiger partial charge in [-0.1, -0.05) is 52.3 Å². The van der Waals surface area contributed by atoms with Crippen molar-refractivity contribution in [3.05, 3.63) is 71.2 Å². The second-order valence-corrected chi connectivity index (χ2v) is 10.0. The molecule has 0 atom stereocenters. The zero-order chi connectivity index (χ0) is 23.1. The second-order valence-electron chi connectivity index (χ2n) is 9.10. The predicted molar refractivity (Wildman–Crippen MR) is 150 cm³/mol. The molecule has 34 heavy (non-hydrogen) atoms. The molecule has 4 aromatic carbocycles. The van der Waals surface area contributed by atoms with Gasteiger partial charge in [0, 0.05) is 73.0 Å². The number of hydrogen-bond donors (Lipinski definition) is 0. The summed E-state index contributed by atoms with van der Waals surface area (Å²) in [7, 11) is 0. The summed E-state index contributed by atoms with van der Waals surface area (Å²) in [5.41, 5.74) is 8.02. The lowest BCUT2D eigenvalue weighted by Crippen LogP contribution is -1.98. The highest BCUT2D eigenvalue weighted by atomic mass is 79.9. The fourth-order valence-corrected chi connectivity index (χ4v) is 6.78. The van der Waals surface area contributed by atoms with Crippen molar-refractivity contribution in [3.8, 4) is 0 Å². The van der Waals surface area contributed by atoms with Gasteiger partial charge in [0.2, 0.25) is 0 Å². The maximum Gasteiger partial charge on any atom is 0.0614 e. The Morgan fingerprint density at radius 3 is 1.41 bits per heavy atom. The Balaban J connectivity index is 1.99. The number of nitrogens with zero attached hydrogens (tertiary/aromatic N) is 3. The van der Waals surface area contributed by atoms with Crippen molar-refractivity contribution in [3.63, 3.8) is 0 Å². The zero-order valence-corrected chi connectivity index (χ0v) is 21.3. The lowest BCUT2D eigenvalue weighted by atomic mass is 10.0. The van der Waals surface area contributed by atoms with Gasteiger partial charge in [-0.25, -0.2) is 0 Å². The van der Waals surface area contributed by atoms with Crippen LogP contribution in [0.5, 0.6) is 0 Å². The Morgan fingerprint density at radius 1 is 0.529 bits per heavy atom. The average molecular weight is 508 g/mol. The van der Waals surface area contributed by atoms with Crippen molar-refractivity contribution < 1.29 is 0 Å². The molecule has 0 saturated heterocycles. The summed E-state index contributed by atoms with van der Waals surface area (Å²) in [4.78, 5) is 0. The van der Waals surface area contributed by atoms with Crippen LogP contribution in [0.25, 0.3) is 65.4 Å². The highest BCUT2D eigenvalue weighted by Crippen LogP contribution is 2.48. The Hall–Kier alpha value is -3.24. The largest absolute Gasteiger partial charge is 0.340 e. The molecular formula is C30H26BrN3. The van der Waals surface area contributed by atoms with E-state index in [9.17, 15) is 0 Å². The number of aryl methyl sites for hydroxylation is 3. The van der Waals surface area contributed by atoms with Crippen LogP contribution in [0.15, 0.2) is 71.2 Å². The number of fused-ring (bicyclic) bond motifs is 12. The van der Waals surface area contributed by atoms with Crippen LogP contribution in [0.3, 0.4) is 0 Å². The first kappa shape index (κ1) is 20.2. The standard InChI is InChI=1S/C30H26BrN3/c1-4-32-22-13-9-7-11-19(22)26-28(32)25-20-12-8-10-14-23(20)33(5-2)29(25)27-21-17-18(31)15-16-24(21)34(6-3)30(26)27/h7-17H,4-6H2,1-3H3. The second kappa shape index (κ2) is 7.13.